The maximum Gasteiger partial charge on any atom is 0.318 e. The van der Waals surface area contributed by atoms with Gasteiger partial charge in [0.2, 0.25) is 10.0 Å². The second-order valence-electron chi connectivity index (χ2n) is 6.88. The molecule has 0 aliphatic carbocycles. The van der Waals surface area contributed by atoms with E-state index >= 15 is 0 Å². The molecule has 0 saturated carbocycles. The van der Waals surface area contributed by atoms with Crippen LogP contribution in [0.5, 0.6) is 11.5 Å². The van der Waals surface area contributed by atoms with Gasteiger partial charge in [-0.1, -0.05) is 6.92 Å². The molecule has 0 aliphatic heterocycles. The van der Waals surface area contributed by atoms with Crippen LogP contribution in [0.4, 0.5) is 8.78 Å². The number of rotatable bonds is 9. The number of hydrogen-bond acceptors (Lipinski definition) is 5. The van der Waals surface area contributed by atoms with Crippen LogP contribution in [0, 0.1) is 11.6 Å². The molecule has 0 spiro atoms. The Morgan fingerprint density at radius 1 is 1.15 bits per heavy atom. The fourth-order valence-corrected chi connectivity index (χ4v) is 4.14. The Balaban J connectivity index is 2.27. The number of ether oxygens (including phenoxy) is 1. The number of carboxylic acids is 1. The van der Waals surface area contributed by atoms with Crippen LogP contribution in [0.3, 0.4) is 0 Å². The number of carbonyl (C=O) groups excluding carboxylic acids is 1. The van der Waals surface area contributed by atoms with Crippen LogP contribution >= 0.6 is 0 Å². The van der Waals surface area contributed by atoms with E-state index in [1.165, 1.54) is 32.1 Å². The van der Waals surface area contributed by atoms with Crippen molar-refractivity contribution in [2.75, 3.05) is 13.1 Å². The Morgan fingerprint density at radius 3 is 2.18 bits per heavy atom. The van der Waals surface area contributed by atoms with Crippen molar-refractivity contribution in [3.05, 3.63) is 59.2 Å². The van der Waals surface area contributed by atoms with E-state index in [1.807, 2.05) is 0 Å². The van der Waals surface area contributed by atoms with Crippen LogP contribution in [-0.4, -0.2) is 48.8 Å². The molecule has 34 heavy (non-hydrogen) atoms. The van der Waals surface area contributed by atoms with Gasteiger partial charge in [-0.15, -0.1) is 0 Å². The van der Waals surface area contributed by atoms with E-state index in [1.54, 1.807) is 0 Å². The zero-order valence-corrected chi connectivity index (χ0v) is 19.0. The average molecular weight is 496 g/mol. The fourth-order valence-electron chi connectivity index (χ4n) is 2.74. The molecule has 0 fully saturated rings. The number of hydrogen-bond donors (Lipinski definition) is 3. The van der Waals surface area contributed by atoms with E-state index in [2.05, 4.69) is 4.99 Å². The largest absolute Gasteiger partial charge is 0.480 e. The van der Waals surface area contributed by atoms with E-state index in [9.17, 15) is 26.8 Å². The Hall–Kier alpha value is -3.84. The third-order valence-electron chi connectivity index (χ3n) is 4.32. The number of halogens is 2. The van der Waals surface area contributed by atoms with E-state index in [0.717, 1.165) is 28.6 Å². The van der Waals surface area contributed by atoms with Crippen LogP contribution in [0.2, 0.25) is 0 Å². The minimum Gasteiger partial charge on any atom is -0.480 e. The molecular formula is C21H22F2N4O6S. The molecule has 0 unspecified atom stereocenters. The van der Waals surface area contributed by atoms with Gasteiger partial charge in [-0.3, -0.25) is 9.59 Å². The van der Waals surface area contributed by atoms with Crippen molar-refractivity contribution in [1.29, 1.82) is 0 Å². The summed E-state index contributed by atoms with van der Waals surface area (Å²) in [4.78, 5) is 25.7. The predicted molar refractivity (Wildman–Crippen MR) is 119 cm³/mol. The highest BCUT2D eigenvalue weighted by atomic mass is 32.2. The molecule has 0 bridgehead atoms. The summed E-state index contributed by atoms with van der Waals surface area (Å²) in [5.74, 6) is -5.52. The zero-order valence-electron chi connectivity index (χ0n) is 18.2. The van der Waals surface area contributed by atoms with Crippen molar-refractivity contribution in [3.8, 4) is 11.5 Å². The van der Waals surface area contributed by atoms with Gasteiger partial charge in [0, 0.05) is 12.1 Å². The van der Waals surface area contributed by atoms with E-state index in [0.29, 0.717) is 0 Å². The Morgan fingerprint density at radius 2 is 1.71 bits per heavy atom. The summed E-state index contributed by atoms with van der Waals surface area (Å²) in [5.41, 5.74) is 10.3. The van der Waals surface area contributed by atoms with Gasteiger partial charge in [-0.05, 0) is 55.0 Å². The van der Waals surface area contributed by atoms with E-state index in [-0.39, 0.29) is 28.3 Å². The maximum atomic E-state index is 14.5. The molecule has 0 heterocycles. The second-order valence-corrected chi connectivity index (χ2v) is 8.82. The minimum absolute atomic E-state index is 0.0125. The fraction of sp³-hybridized carbons (Fsp3) is 0.190. The van der Waals surface area contributed by atoms with Crippen molar-refractivity contribution >= 4 is 33.9 Å². The number of aliphatic carboxylic acids is 1. The third kappa shape index (κ3) is 6.59. The second kappa shape index (κ2) is 10.9. The number of aliphatic imine (C=N–C) groups is 1. The first kappa shape index (κ1) is 26.4. The van der Waals surface area contributed by atoms with Gasteiger partial charge in [0.15, 0.2) is 23.3 Å². The van der Waals surface area contributed by atoms with Gasteiger partial charge in [-0.25, -0.2) is 17.2 Å². The lowest BCUT2D eigenvalue weighted by Gasteiger charge is -2.18. The molecule has 10 nitrogen and oxygen atoms in total. The summed E-state index contributed by atoms with van der Waals surface area (Å²) in [5, 5.41) is 8.88. The summed E-state index contributed by atoms with van der Waals surface area (Å²) in [6.45, 7) is 2.06. The maximum absolute atomic E-state index is 14.5. The van der Waals surface area contributed by atoms with Gasteiger partial charge in [0.25, 0.3) is 5.91 Å². The summed E-state index contributed by atoms with van der Waals surface area (Å²) in [6.07, 6.45) is 1.18. The van der Waals surface area contributed by atoms with Crippen LogP contribution in [-0.2, 0) is 19.6 Å². The van der Waals surface area contributed by atoms with Gasteiger partial charge >= 0.3 is 5.97 Å². The molecule has 13 heteroatoms. The highest BCUT2D eigenvalue weighted by Gasteiger charge is 2.25. The van der Waals surface area contributed by atoms with Gasteiger partial charge in [0.05, 0.1) is 4.90 Å². The SMILES string of the molecule is CCN(CC(=O)O)S(=O)(=O)c1ccc(Oc2c(F)cc(/C=C(\C)C(=O)N=C(N)N)cc2F)cc1. The lowest BCUT2D eigenvalue weighted by molar-refractivity contribution is -0.137. The molecule has 2 aromatic rings. The van der Waals surface area contributed by atoms with Crippen molar-refractivity contribution in [2.45, 2.75) is 18.7 Å². The Kier molecular flexibility index (Phi) is 8.43. The minimum atomic E-state index is -4.09. The highest BCUT2D eigenvalue weighted by molar-refractivity contribution is 7.89. The molecule has 0 radical (unpaired) electrons. The number of sulfonamides is 1. The zero-order chi connectivity index (χ0) is 25.6. The van der Waals surface area contributed by atoms with Crippen molar-refractivity contribution in [2.24, 2.45) is 16.5 Å². The first-order chi connectivity index (χ1) is 15.8. The Labute approximate surface area is 194 Å². The first-order valence-electron chi connectivity index (χ1n) is 9.66. The molecule has 5 N–H and O–H groups in total. The Bertz CT molecular complexity index is 1230. The average Bonchev–Trinajstić information content (AvgIpc) is 2.74. The third-order valence-corrected chi connectivity index (χ3v) is 6.25. The van der Waals surface area contributed by atoms with Crippen LogP contribution in [0.25, 0.3) is 6.08 Å². The first-order valence-corrected chi connectivity index (χ1v) is 11.1. The highest BCUT2D eigenvalue weighted by Crippen LogP contribution is 2.30. The number of amides is 1. The van der Waals surface area contributed by atoms with Crippen molar-refractivity contribution in [1.82, 2.24) is 4.31 Å². The van der Waals surface area contributed by atoms with Crippen LogP contribution in [0.1, 0.15) is 19.4 Å². The summed E-state index contributed by atoms with van der Waals surface area (Å²) in [6, 6.07) is 6.45. The number of likely N-dealkylation sites (N-methyl/N-ethyl adjacent to an activating group) is 1. The normalized spacial score (nSPS) is 11.9. The smallest absolute Gasteiger partial charge is 0.318 e. The van der Waals surface area contributed by atoms with Crippen molar-refractivity contribution < 1.29 is 36.6 Å². The number of carboxylic acid groups (broad SMARTS) is 1. The molecule has 0 saturated heterocycles. The van der Waals surface area contributed by atoms with E-state index in [4.69, 9.17) is 21.3 Å². The molecule has 0 aliphatic rings. The lowest BCUT2D eigenvalue weighted by atomic mass is 10.1. The molecule has 182 valence electrons. The molecule has 0 atom stereocenters. The lowest BCUT2D eigenvalue weighted by Crippen LogP contribution is -2.35. The number of benzene rings is 2. The van der Waals surface area contributed by atoms with Gasteiger partial charge < -0.3 is 21.3 Å². The number of carbonyl (C=O) groups is 2. The van der Waals surface area contributed by atoms with Crippen molar-refractivity contribution in [3.63, 3.8) is 0 Å². The molecule has 0 aromatic heterocycles. The summed E-state index contributed by atoms with van der Waals surface area (Å²) < 4.78 is 60.1. The molecule has 2 rings (SSSR count). The standard InChI is InChI=1S/C21H22F2N4O6S/c1-3-27(11-18(28)29)34(31,32)15-6-4-14(5-7-15)33-19-16(22)9-13(10-17(19)23)8-12(2)20(30)26-21(24)25/h4-10H,3,11H2,1-2H3,(H,28,29)(H4,24,25,26,30)/b12-8+. The quantitative estimate of drug-likeness (QED) is 0.270. The number of nitrogens with zero attached hydrogens (tertiary/aromatic N) is 2. The molecule has 2 aromatic carbocycles. The number of nitrogens with two attached hydrogens (primary N) is 2. The topological polar surface area (TPSA) is 165 Å². The monoisotopic (exact) mass is 496 g/mol. The predicted octanol–water partition coefficient (Wildman–Crippen LogP) is 2.06. The summed E-state index contributed by atoms with van der Waals surface area (Å²) >= 11 is 0. The summed E-state index contributed by atoms with van der Waals surface area (Å²) in [7, 11) is -4.09. The van der Waals surface area contributed by atoms with Gasteiger partial charge in [0.1, 0.15) is 12.3 Å². The van der Waals surface area contributed by atoms with Crippen LogP contribution in [0.15, 0.2) is 51.9 Å². The molecule has 1 amide bonds. The van der Waals surface area contributed by atoms with E-state index < -0.39 is 51.8 Å². The number of guanidine groups is 1. The molecular weight excluding hydrogens is 474 g/mol. The van der Waals surface area contributed by atoms with Crippen LogP contribution < -0.4 is 16.2 Å². The van der Waals surface area contributed by atoms with Gasteiger partial charge in [-0.2, -0.15) is 9.30 Å².